The van der Waals surface area contributed by atoms with Crippen molar-refractivity contribution in [3.8, 4) is 0 Å². The summed E-state index contributed by atoms with van der Waals surface area (Å²) in [6.07, 6.45) is 4.83. The van der Waals surface area contributed by atoms with Crippen molar-refractivity contribution < 1.29 is 14.3 Å². The molecule has 0 saturated heterocycles. The standard InChI is InChI=1S/C12H24N2O3/c1-3-5-6-7-8-10(12(13)16)14-11(15)9-17-4-2/h10H,3-9H2,1-2H3,(H2,13,16)(H,14,15)/t10-/m0/s1. The minimum Gasteiger partial charge on any atom is -0.372 e. The lowest BCUT2D eigenvalue weighted by Gasteiger charge is -2.15. The highest BCUT2D eigenvalue weighted by molar-refractivity contribution is 5.86. The van der Waals surface area contributed by atoms with Crippen LogP contribution in [0.2, 0.25) is 0 Å². The molecule has 5 heteroatoms. The number of ether oxygens (including phenoxy) is 1. The van der Waals surface area contributed by atoms with Gasteiger partial charge in [0.1, 0.15) is 12.6 Å². The van der Waals surface area contributed by atoms with E-state index in [1.807, 2.05) is 6.92 Å². The van der Waals surface area contributed by atoms with Crippen LogP contribution in [0.5, 0.6) is 0 Å². The van der Waals surface area contributed by atoms with E-state index in [4.69, 9.17) is 10.5 Å². The largest absolute Gasteiger partial charge is 0.372 e. The van der Waals surface area contributed by atoms with Crippen LogP contribution in [0.25, 0.3) is 0 Å². The van der Waals surface area contributed by atoms with Crippen LogP contribution in [-0.4, -0.2) is 31.1 Å². The summed E-state index contributed by atoms with van der Waals surface area (Å²) in [7, 11) is 0. The number of nitrogens with two attached hydrogens (primary N) is 1. The average Bonchev–Trinajstić information content (AvgIpc) is 2.30. The predicted molar refractivity (Wildman–Crippen MR) is 66.4 cm³/mol. The molecule has 0 aromatic heterocycles. The number of unbranched alkanes of at least 4 members (excludes halogenated alkanes) is 3. The lowest BCUT2D eigenvalue weighted by atomic mass is 10.1. The first-order valence-electron chi connectivity index (χ1n) is 6.28. The van der Waals surface area contributed by atoms with Crippen molar-refractivity contribution in [2.75, 3.05) is 13.2 Å². The Hall–Kier alpha value is -1.10. The van der Waals surface area contributed by atoms with Crippen LogP contribution >= 0.6 is 0 Å². The Morgan fingerprint density at radius 3 is 2.47 bits per heavy atom. The van der Waals surface area contributed by atoms with Crippen molar-refractivity contribution in [2.45, 2.75) is 52.0 Å². The van der Waals surface area contributed by atoms with Gasteiger partial charge in [-0.25, -0.2) is 0 Å². The Kier molecular flexibility index (Phi) is 9.43. The van der Waals surface area contributed by atoms with E-state index in [1.165, 1.54) is 0 Å². The lowest BCUT2D eigenvalue weighted by Crippen LogP contribution is -2.45. The summed E-state index contributed by atoms with van der Waals surface area (Å²) >= 11 is 0. The number of carbonyl (C=O) groups excluding carboxylic acids is 2. The molecule has 3 N–H and O–H groups in total. The third-order valence-electron chi connectivity index (χ3n) is 2.46. The number of carbonyl (C=O) groups is 2. The van der Waals surface area contributed by atoms with Gasteiger partial charge < -0.3 is 15.8 Å². The molecule has 0 aromatic rings. The minimum absolute atomic E-state index is 0.0186. The second-order valence-corrected chi connectivity index (χ2v) is 4.01. The van der Waals surface area contributed by atoms with Gasteiger partial charge in [0.15, 0.2) is 0 Å². The van der Waals surface area contributed by atoms with E-state index in [2.05, 4.69) is 12.2 Å². The topological polar surface area (TPSA) is 81.4 Å². The summed E-state index contributed by atoms with van der Waals surface area (Å²) in [4.78, 5) is 22.5. The molecular formula is C12H24N2O3. The van der Waals surface area contributed by atoms with Crippen molar-refractivity contribution in [1.82, 2.24) is 5.32 Å². The van der Waals surface area contributed by atoms with Crippen molar-refractivity contribution in [1.29, 1.82) is 0 Å². The number of hydrogen-bond donors (Lipinski definition) is 2. The summed E-state index contributed by atoms with van der Waals surface area (Å²) in [5, 5.41) is 2.59. The van der Waals surface area contributed by atoms with Gasteiger partial charge in [-0.15, -0.1) is 0 Å². The fourth-order valence-corrected chi connectivity index (χ4v) is 1.49. The molecule has 5 nitrogen and oxygen atoms in total. The van der Waals surface area contributed by atoms with Gasteiger partial charge in [0.2, 0.25) is 11.8 Å². The molecule has 0 bridgehead atoms. The summed E-state index contributed by atoms with van der Waals surface area (Å²) < 4.78 is 4.95. The van der Waals surface area contributed by atoms with Gasteiger partial charge in [-0.05, 0) is 13.3 Å². The molecule has 17 heavy (non-hydrogen) atoms. The molecule has 0 saturated carbocycles. The molecular weight excluding hydrogens is 220 g/mol. The number of hydrogen-bond acceptors (Lipinski definition) is 3. The van der Waals surface area contributed by atoms with E-state index >= 15 is 0 Å². The van der Waals surface area contributed by atoms with Crippen molar-refractivity contribution in [3.63, 3.8) is 0 Å². The van der Waals surface area contributed by atoms with Gasteiger partial charge in [0.25, 0.3) is 0 Å². The highest BCUT2D eigenvalue weighted by atomic mass is 16.5. The van der Waals surface area contributed by atoms with Crippen LogP contribution in [0.3, 0.4) is 0 Å². The van der Waals surface area contributed by atoms with Gasteiger partial charge in [-0.2, -0.15) is 0 Å². The fourth-order valence-electron chi connectivity index (χ4n) is 1.49. The van der Waals surface area contributed by atoms with Crippen LogP contribution < -0.4 is 11.1 Å². The average molecular weight is 244 g/mol. The fraction of sp³-hybridized carbons (Fsp3) is 0.833. The number of amides is 2. The van der Waals surface area contributed by atoms with Crippen LogP contribution in [0.1, 0.15) is 46.0 Å². The van der Waals surface area contributed by atoms with E-state index in [-0.39, 0.29) is 12.5 Å². The molecule has 0 fully saturated rings. The lowest BCUT2D eigenvalue weighted by molar-refractivity contribution is -0.130. The van der Waals surface area contributed by atoms with Gasteiger partial charge in [-0.3, -0.25) is 9.59 Å². The SMILES string of the molecule is CCCCCC[C@H](NC(=O)COCC)C(N)=O. The Balaban J connectivity index is 3.89. The first kappa shape index (κ1) is 15.9. The van der Waals surface area contributed by atoms with Gasteiger partial charge >= 0.3 is 0 Å². The second kappa shape index (κ2) is 10.1. The maximum atomic E-state index is 11.4. The molecule has 0 spiro atoms. The van der Waals surface area contributed by atoms with Crippen molar-refractivity contribution in [3.05, 3.63) is 0 Å². The Labute approximate surface area is 103 Å². The smallest absolute Gasteiger partial charge is 0.246 e. The molecule has 0 aromatic carbocycles. The second-order valence-electron chi connectivity index (χ2n) is 4.01. The first-order valence-corrected chi connectivity index (χ1v) is 6.28. The van der Waals surface area contributed by atoms with Crippen LogP contribution in [0.15, 0.2) is 0 Å². The summed E-state index contributed by atoms with van der Waals surface area (Å²) in [6.45, 7) is 4.39. The van der Waals surface area contributed by atoms with E-state index < -0.39 is 11.9 Å². The molecule has 0 aliphatic rings. The van der Waals surface area contributed by atoms with Gasteiger partial charge in [0, 0.05) is 6.61 Å². The summed E-state index contributed by atoms with van der Waals surface area (Å²) in [6, 6.07) is -0.570. The highest BCUT2D eigenvalue weighted by Crippen LogP contribution is 2.05. The predicted octanol–water partition coefficient (Wildman–Crippen LogP) is 0.963. The molecule has 0 aliphatic heterocycles. The third kappa shape index (κ3) is 8.68. The Morgan fingerprint density at radius 1 is 1.24 bits per heavy atom. The van der Waals surface area contributed by atoms with E-state index in [0.29, 0.717) is 13.0 Å². The normalized spacial score (nSPS) is 12.1. The summed E-state index contributed by atoms with van der Waals surface area (Å²) in [5.74, 6) is -0.766. The Morgan fingerprint density at radius 2 is 1.94 bits per heavy atom. The molecule has 1 atom stereocenters. The maximum absolute atomic E-state index is 11.4. The van der Waals surface area contributed by atoms with E-state index in [1.54, 1.807) is 0 Å². The van der Waals surface area contributed by atoms with Crippen molar-refractivity contribution in [2.24, 2.45) is 5.73 Å². The maximum Gasteiger partial charge on any atom is 0.246 e. The van der Waals surface area contributed by atoms with Crippen LogP contribution in [0, 0.1) is 0 Å². The minimum atomic E-state index is -0.570. The molecule has 0 radical (unpaired) electrons. The number of rotatable bonds is 10. The quantitative estimate of drug-likeness (QED) is 0.562. The van der Waals surface area contributed by atoms with Crippen LogP contribution in [0.4, 0.5) is 0 Å². The molecule has 100 valence electrons. The first-order chi connectivity index (χ1) is 8.11. The zero-order valence-corrected chi connectivity index (χ0v) is 10.8. The monoisotopic (exact) mass is 244 g/mol. The van der Waals surface area contributed by atoms with Gasteiger partial charge in [0.05, 0.1) is 0 Å². The molecule has 0 rings (SSSR count). The number of nitrogens with one attached hydrogen (secondary N) is 1. The van der Waals surface area contributed by atoms with E-state index in [9.17, 15) is 9.59 Å². The third-order valence-corrected chi connectivity index (χ3v) is 2.46. The van der Waals surface area contributed by atoms with E-state index in [0.717, 1.165) is 25.7 Å². The van der Waals surface area contributed by atoms with Crippen molar-refractivity contribution >= 4 is 11.8 Å². The van der Waals surface area contributed by atoms with Crippen LogP contribution in [-0.2, 0) is 14.3 Å². The highest BCUT2D eigenvalue weighted by Gasteiger charge is 2.17. The van der Waals surface area contributed by atoms with Gasteiger partial charge in [-0.1, -0.05) is 32.6 Å². The summed E-state index contributed by atoms with van der Waals surface area (Å²) in [5.41, 5.74) is 5.23. The zero-order valence-electron chi connectivity index (χ0n) is 10.8. The Bertz CT molecular complexity index is 232. The molecule has 0 aliphatic carbocycles. The molecule has 0 unspecified atom stereocenters. The molecule has 2 amide bonds. The number of primary amides is 1. The molecule has 0 heterocycles. The zero-order chi connectivity index (χ0) is 13.1.